The van der Waals surface area contributed by atoms with Crippen LogP contribution in [0.5, 0.6) is 17.2 Å². The zero-order valence-corrected chi connectivity index (χ0v) is 27.9. The topological polar surface area (TPSA) is 168 Å². The number of aliphatic hydroxyl groups is 1. The molecule has 0 aliphatic carbocycles. The van der Waals surface area contributed by atoms with E-state index in [9.17, 15) is 18.3 Å². The molecule has 2 saturated heterocycles. The van der Waals surface area contributed by atoms with Crippen LogP contribution in [0.3, 0.4) is 0 Å². The van der Waals surface area contributed by atoms with Gasteiger partial charge in [-0.25, -0.2) is 13.2 Å². The molecule has 2 aromatic carbocycles. The molecule has 3 aliphatic heterocycles. The largest absolute Gasteiger partial charge is 0.487 e. The molecule has 4 heterocycles. The van der Waals surface area contributed by atoms with Crippen LogP contribution in [0, 0.1) is 18.8 Å². The van der Waals surface area contributed by atoms with Crippen LogP contribution in [0.1, 0.15) is 37.3 Å². The zero-order chi connectivity index (χ0) is 33.8. The van der Waals surface area contributed by atoms with E-state index in [2.05, 4.69) is 10.5 Å². The Balaban J connectivity index is 1.18. The molecule has 0 spiro atoms. The van der Waals surface area contributed by atoms with Crippen molar-refractivity contribution in [1.82, 2.24) is 14.8 Å². The Morgan fingerprint density at radius 1 is 1.08 bits per heavy atom. The molecule has 6 rings (SSSR count). The highest BCUT2D eigenvalue weighted by atomic mass is 32.2. The fourth-order valence-electron chi connectivity index (χ4n) is 5.97. The van der Waals surface area contributed by atoms with Gasteiger partial charge in [0.05, 0.1) is 36.2 Å². The number of ether oxygens (including phenoxy) is 6. The number of hydrogen-bond acceptors (Lipinski definition) is 12. The molecule has 0 radical (unpaired) electrons. The molecular weight excluding hydrogens is 646 g/mol. The quantitative estimate of drug-likeness (QED) is 0.254. The molecular formula is C33H41N3O11S. The maximum Gasteiger partial charge on any atom is 0.407 e. The molecule has 3 aromatic rings. The van der Waals surface area contributed by atoms with Crippen LogP contribution in [0.15, 0.2) is 57.9 Å². The number of carbonyl (C=O) groups excluding carboxylic acids is 1. The minimum atomic E-state index is -4.07. The molecule has 0 saturated carbocycles. The summed E-state index contributed by atoms with van der Waals surface area (Å²) in [6, 6.07) is 12.5. The van der Waals surface area contributed by atoms with Gasteiger partial charge in [0.1, 0.15) is 29.9 Å². The number of hydrogen-bond donors (Lipinski definition) is 2. The van der Waals surface area contributed by atoms with Crippen LogP contribution < -0.4 is 19.5 Å². The van der Waals surface area contributed by atoms with Crippen molar-refractivity contribution in [2.45, 2.75) is 69.7 Å². The number of rotatable bonds is 14. The number of fused-ring (bicyclic) bond motifs is 2. The number of benzene rings is 2. The predicted octanol–water partition coefficient (Wildman–Crippen LogP) is 3.40. The second kappa shape index (κ2) is 14.7. The number of aliphatic hydroxyl groups excluding tert-OH is 1. The molecule has 3 aliphatic rings. The summed E-state index contributed by atoms with van der Waals surface area (Å²) in [5.74, 6) is 1.94. The molecule has 1 aromatic heterocycles. The Labute approximate surface area is 279 Å². The first kappa shape index (κ1) is 34.0. The standard InChI is InChI=1S/C33H41N3O11S/c1-20(2)15-36(48(39,40)25-8-9-29-30(14-25)45-19-44-29)16-28(37)27(34-33(38)46-31-18-43-32-26(31)10-11-41-32)13-22-4-6-24(7-5-22)42-17-23-12-21(3)47-35-23/h4-9,12,14,20,26-28,31-32,37H,10-11,13,15-19H2,1-3H3,(H,34,38)/t26-,27-,28+,31-,32+/m0/s1. The highest BCUT2D eigenvalue weighted by Gasteiger charge is 2.44. The van der Waals surface area contributed by atoms with Crippen LogP contribution in [-0.2, 0) is 37.3 Å². The summed E-state index contributed by atoms with van der Waals surface area (Å²) in [5.41, 5.74) is 1.43. The van der Waals surface area contributed by atoms with Crippen molar-refractivity contribution in [3.05, 3.63) is 65.5 Å². The number of aromatic nitrogens is 1. The number of carbonyl (C=O) groups is 1. The Hall–Kier alpha value is -3.89. The number of aryl methyl sites for hydroxylation is 1. The third-order valence-electron chi connectivity index (χ3n) is 8.40. The van der Waals surface area contributed by atoms with Crippen LogP contribution in [0.4, 0.5) is 4.79 Å². The van der Waals surface area contributed by atoms with Gasteiger partial charge in [0, 0.05) is 25.2 Å². The first-order valence-electron chi connectivity index (χ1n) is 16.0. The van der Waals surface area contributed by atoms with E-state index >= 15 is 0 Å². The van der Waals surface area contributed by atoms with Gasteiger partial charge in [-0.2, -0.15) is 4.31 Å². The molecule has 0 unspecified atom stereocenters. The minimum Gasteiger partial charge on any atom is -0.487 e. The zero-order valence-electron chi connectivity index (χ0n) is 27.1. The second-order valence-electron chi connectivity index (χ2n) is 12.6. The van der Waals surface area contributed by atoms with Crippen molar-refractivity contribution in [3.63, 3.8) is 0 Å². The maximum atomic E-state index is 13.9. The summed E-state index contributed by atoms with van der Waals surface area (Å²) in [6.45, 7) is 6.39. The SMILES string of the molecule is Cc1cc(COc2ccc(C[C@H](NC(=O)O[C@H]3CO[C@H]4OCC[C@H]43)[C@H](O)CN(CC(C)C)S(=O)(=O)c3ccc4c(c3)OCO4)cc2)no1. The molecule has 2 N–H and O–H groups in total. The fraction of sp³-hybridized carbons (Fsp3) is 0.515. The monoisotopic (exact) mass is 687 g/mol. The van der Waals surface area contributed by atoms with E-state index < -0.39 is 40.7 Å². The summed E-state index contributed by atoms with van der Waals surface area (Å²) >= 11 is 0. The highest BCUT2D eigenvalue weighted by molar-refractivity contribution is 7.89. The van der Waals surface area contributed by atoms with Gasteiger partial charge in [-0.15, -0.1) is 0 Å². The lowest BCUT2D eigenvalue weighted by molar-refractivity contribution is -0.0907. The molecule has 15 heteroatoms. The van der Waals surface area contributed by atoms with Crippen molar-refractivity contribution in [2.75, 3.05) is 33.1 Å². The molecule has 5 atom stereocenters. The average molecular weight is 688 g/mol. The lowest BCUT2D eigenvalue weighted by Gasteiger charge is -2.31. The molecule has 2 fully saturated rings. The van der Waals surface area contributed by atoms with Crippen molar-refractivity contribution in [3.8, 4) is 17.2 Å². The van der Waals surface area contributed by atoms with Crippen LogP contribution in [-0.4, -0.2) is 86.7 Å². The molecule has 48 heavy (non-hydrogen) atoms. The van der Waals surface area contributed by atoms with Gasteiger partial charge in [-0.05, 0) is 55.5 Å². The normalized spacial score (nSPS) is 21.3. The van der Waals surface area contributed by atoms with Crippen molar-refractivity contribution in [2.24, 2.45) is 11.8 Å². The molecule has 1 amide bonds. The molecule has 14 nitrogen and oxygen atoms in total. The number of amides is 1. The summed E-state index contributed by atoms with van der Waals surface area (Å²) in [6.07, 6.45) is -2.06. The number of nitrogens with one attached hydrogen (secondary N) is 1. The summed E-state index contributed by atoms with van der Waals surface area (Å²) in [4.78, 5) is 13.2. The Morgan fingerprint density at radius 2 is 1.88 bits per heavy atom. The Bertz CT molecular complexity index is 1660. The van der Waals surface area contributed by atoms with Gasteiger partial charge in [0.2, 0.25) is 16.8 Å². The summed E-state index contributed by atoms with van der Waals surface area (Å²) < 4.78 is 67.5. The third-order valence-corrected chi connectivity index (χ3v) is 10.2. The van der Waals surface area contributed by atoms with Gasteiger partial charge in [-0.3, -0.25) is 0 Å². The molecule has 0 bridgehead atoms. The predicted molar refractivity (Wildman–Crippen MR) is 169 cm³/mol. The lowest BCUT2D eigenvalue weighted by atomic mass is 10.0. The Morgan fingerprint density at radius 3 is 2.62 bits per heavy atom. The summed E-state index contributed by atoms with van der Waals surface area (Å²) in [7, 11) is -4.07. The van der Waals surface area contributed by atoms with Gasteiger partial charge in [0.15, 0.2) is 17.8 Å². The van der Waals surface area contributed by atoms with E-state index in [0.717, 1.165) is 5.56 Å². The molecule has 260 valence electrons. The number of sulfonamides is 1. The number of nitrogens with zero attached hydrogens (tertiary/aromatic N) is 2. The average Bonchev–Trinajstić information content (AvgIpc) is 3.86. The second-order valence-corrected chi connectivity index (χ2v) is 14.5. The van der Waals surface area contributed by atoms with E-state index in [1.165, 1.54) is 16.4 Å². The van der Waals surface area contributed by atoms with Crippen molar-refractivity contribution < 1.29 is 51.3 Å². The van der Waals surface area contributed by atoms with E-state index in [0.29, 0.717) is 41.7 Å². The lowest BCUT2D eigenvalue weighted by Crippen LogP contribution is -2.51. The fourth-order valence-corrected chi connectivity index (χ4v) is 7.61. The van der Waals surface area contributed by atoms with Crippen LogP contribution >= 0.6 is 0 Å². The van der Waals surface area contributed by atoms with Crippen LogP contribution in [0.2, 0.25) is 0 Å². The Kier molecular flexibility index (Phi) is 10.4. The first-order valence-corrected chi connectivity index (χ1v) is 17.4. The smallest absolute Gasteiger partial charge is 0.407 e. The summed E-state index contributed by atoms with van der Waals surface area (Å²) in [5, 5.41) is 18.4. The van der Waals surface area contributed by atoms with Gasteiger partial charge >= 0.3 is 6.09 Å². The third kappa shape index (κ3) is 8.04. The van der Waals surface area contributed by atoms with Gasteiger partial charge < -0.3 is 43.4 Å². The maximum absolute atomic E-state index is 13.9. The van der Waals surface area contributed by atoms with E-state index in [1.54, 1.807) is 31.2 Å². The minimum absolute atomic E-state index is 0.00646. The number of alkyl carbamates (subject to hydrolysis) is 1. The highest BCUT2D eigenvalue weighted by Crippen LogP contribution is 2.35. The van der Waals surface area contributed by atoms with Crippen molar-refractivity contribution in [1.29, 1.82) is 0 Å². The van der Waals surface area contributed by atoms with E-state index in [4.69, 9.17) is 32.9 Å². The van der Waals surface area contributed by atoms with Gasteiger partial charge in [-0.1, -0.05) is 31.1 Å². The van der Waals surface area contributed by atoms with E-state index in [-0.39, 0.29) is 56.2 Å². The van der Waals surface area contributed by atoms with Crippen molar-refractivity contribution >= 4 is 16.1 Å². The van der Waals surface area contributed by atoms with Crippen LogP contribution in [0.25, 0.3) is 0 Å². The first-order chi connectivity index (χ1) is 23.0. The van der Waals surface area contributed by atoms with Gasteiger partial charge in [0.25, 0.3) is 0 Å². The van der Waals surface area contributed by atoms with E-state index in [1.807, 2.05) is 26.0 Å².